The quantitative estimate of drug-likeness (QED) is 0.887. The Balaban J connectivity index is 2.11. The van der Waals surface area contributed by atoms with Crippen molar-refractivity contribution < 1.29 is 0 Å². The smallest absolute Gasteiger partial charge is 0.158 e. The van der Waals surface area contributed by atoms with Gasteiger partial charge in [-0.05, 0) is 32.8 Å². The molecule has 1 aliphatic rings. The molecule has 1 unspecified atom stereocenters. The summed E-state index contributed by atoms with van der Waals surface area (Å²) in [5.74, 6) is 1.02. The number of hydrogen-bond donors (Lipinski definition) is 1. The van der Waals surface area contributed by atoms with Gasteiger partial charge in [-0.25, -0.2) is 4.98 Å². The van der Waals surface area contributed by atoms with Crippen LogP contribution in [0.3, 0.4) is 0 Å². The maximum Gasteiger partial charge on any atom is 0.158 e. The van der Waals surface area contributed by atoms with Crippen molar-refractivity contribution in [3.05, 3.63) is 23.1 Å². The van der Waals surface area contributed by atoms with E-state index in [1.165, 1.54) is 5.69 Å². The summed E-state index contributed by atoms with van der Waals surface area (Å²) in [4.78, 5) is 4.82. The predicted octanol–water partition coefficient (Wildman–Crippen LogP) is 1.43. The molecule has 0 fully saturated rings. The summed E-state index contributed by atoms with van der Waals surface area (Å²) in [6, 6.07) is 2.37. The lowest BCUT2D eigenvalue weighted by atomic mass is 9.97. The molecule has 3 rings (SSSR count). The first-order chi connectivity index (χ1) is 9.10. The molecule has 0 saturated heterocycles. The van der Waals surface area contributed by atoms with Crippen molar-refractivity contribution in [3.8, 4) is 11.5 Å². The lowest BCUT2D eigenvalue weighted by molar-refractivity contribution is 0.554. The molecular weight excluding hydrogens is 238 g/mol. The number of aromatic nitrogens is 4. The van der Waals surface area contributed by atoms with E-state index in [-0.39, 0.29) is 6.04 Å². The van der Waals surface area contributed by atoms with Crippen LogP contribution < -0.4 is 5.73 Å². The van der Waals surface area contributed by atoms with Gasteiger partial charge in [-0.3, -0.25) is 4.68 Å². The molecule has 0 aromatic carbocycles. The van der Waals surface area contributed by atoms with Crippen molar-refractivity contribution in [2.75, 3.05) is 0 Å². The summed E-state index contributed by atoms with van der Waals surface area (Å²) in [6.07, 6.45) is 2.97. The van der Waals surface area contributed by atoms with Gasteiger partial charge in [0.15, 0.2) is 5.82 Å². The van der Waals surface area contributed by atoms with Crippen molar-refractivity contribution in [3.63, 3.8) is 0 Å². The molecule has 102 valence electrons. The van der Waals surface area contributed by atoms with Crippen LogP contribution in [-0.4, -0.2) is 25.4 Å². The van der Waals surface area contributed by atoms with Crippen molar-refractivity contribution in [2.45, 2.75) is 45.7 Å². The van der Waals surface area contributed by atoms with E-state index in [4.69, 9.17) is 10.7 Å². The summed E-state index contributed by atoms with van der Waals surface area (Å²) in [5, 5.41) is 4.51. The van der Waals surface area contributed by atoms with Crippen LogP contribution in [0.1, 0.15) is 30.4 Å². The lowest BCUT2D eigenvalue weighted by Crippen LogP contribution is -2.28. The van der Waals surface area contributed by atoms with Gasteiger partial charge < -0.3 is 10.3 Å². The first kappa shape index (κ1) is 12.4. The van der Waals surface area contributed by atoms with Crippen molar-refractivity contribution >= 4 is 0 Å². The molecule has 2 heterocycles. The minimum Gasteiger partial charge on any atom is -0.330 e. The summed E-state index contributed by atoms with van der Waals surface area (Å²) in [6.45, 7) is 4.99. The van der Waals surface area contributed by atoms with Gasteiger partial charge in [0, 0.05) is 31.7 Å². The molecule has 5 heteroatoms. The Hall–Kier alpha value is -1.62. The first-order valence-electron chi connectivity index (χ1n) is 6.95. The molecule has 0 spiro atoms. The molecule has 1 aliphatic carbocycles. The fraction of sp³-hybridized carbons (Fsp3) is 0.571. The van der Waals surface area contributed by atoms with Gasteiger partial charge in [0.2, 0.25) is 0 Å². The van der Waals surface area contributed by atoms with Gasteiger partial charge in [-0.1, -0.05) is 0 Å². The Bertz CT molecular complexity index is 608. The van der Waals surface area contributed by atoms with Gasteiger partial charge in [-0.2, -0.15) is 5.10 Å². The zero-order valence-electron chi connectivity index (χ0n) is 11.8. The van der Waals surface area contributed by atoms with Gasteiger partial charge in [0.05, 0.1) is 11.4 Å². The number of hydrogen-bond acceptors (Lipinski definition) is 3. The average Bonchev–Trinajstić information content (AvgIpc) is 2.90. The highest BCUT2D eigenvalue weighted by Gasteiger charge is 2.24. The molecule has 0 saturated carbocycles. The van der Waals surface area contributed by atoms with E-state index in [2.05, 4.69) is 29.7 Å². The van der Waals surface area contributed by atoms with E-state index in [0.29, 0.717) is 0 Å². The Morgan fingerprint density at radius 1 is 1.47 bits per heavy atom. The van der Waals surface area contributed by atoms with E-state index in [0.717, 1.165) is 48.7 Å². The summed E-state index contributed by atoms with van der Waals surface area (Å²) < 4.78 is 4.23. The van der Waals surface area contributed by atoms with E-state index < -0.39 is 0 Å². The molecule has 0 amide bonds. The fourth-order valence-electron chi connectivity index (χ4n) is 2.93. The zero-order chi connectivity index (χ0) is 13.6. The molecule has 19 heavy (non-hydrogen) atoms. The summed E-state index contributed by atoms with van der Waals surface area (Å²) >= 11 is 0. The molecule has 1 atom stereocenters. The normalized spacial score (nSPS) is 18.6. The van der Waals surface area contributed by atoms with Crippen LogP contribution in [0.4, 0.5) is 0 Å². The zero-order valence-corrected chi connectivity index (χ0v) is 11.8. The number of fused-ring (bicyclic) bond motifs is 1. The third-order valence-corrected chi connectivity index (χ3v) is 3.93. The lowest BCUT2D eigenvalue weighted by Gasteiger charge is -2.17. The fourth-order valence-corrected chi connectivity index (χ4v) is 2.93. The van der Waals surface area contributed by atoms with E-state index in [1.807, 2.05) is 11.6 Å². The summed E-state index contributed by atoms with van der Waals surface area (Å²) in [5.41, 5.74) is 10.7. The van der Waals surface area contributed by atoms with E-state index >= 15 is 0 Å². The van der Waals surface area contributed by atoms with Crippen LogP contribution in [0.2, 0.25) is 0 Å². The second kappa shape index (κ2) is 4.49. The minimum absolute atomic E-state index is 0.257. The molecule has 5 nitrogen and oxygen atoms in total. The maximum atomic E-state index is 6.04. The highest BCUT2D eigenvalue weighted by Crippen LogP contribution is 2.27. The van der Waals surface area contributed by atoms with Crippen molar-refractivity contribution in [1.29, 1.82) is 0 Å². The van der Waals surface area contributed by atoms with E-state index in [1.54, 1.807) is 0 Å². The molecule has 0 radical (unpaired) electrons. The topological polar surface area (TPSA) is 61.7 Å². The van der Waals surface area contributed by atoms with Gasteiger partial charge in [0.1, 0.15) is 5.69 Å². The van der Waals surface area contributed by atoms with Crippen LogP contribution in [0.15, 0.2) is 6.07 Å². The Kier molecular flexibility index (Phi) is 2.93. The Morgan fingerprint density at radius 2 is 2.26 bits per heavy atom. The SMILES string of the molecule is CCn1nc(C)cc1-c1nc2c(n1C)CCC(N)C2. The highest BCUT2D eigenvalue weighted by molar-refractivity contribution is 5.53. The highest BCUT2D eigenvalue weighted by atomic mass is 15.3. The second-order valence-corrected chi connectivity index (χ2v) is 5.38. The Morgan fingerprint density at radius 3 is 3.00 bits per heavy atom. The monoisotopic (exact) mass is 259 g/mol. The molecule has 2 aromatic heterocycles. The number of nitrogens with two attached hydrogens (primary N) is 1. The van der Waals surface area contributed by atoms with Crippen molar-refractivity contribution in [1.82, 2.24) is 19.3 Å². The van der Waals surface area contributed by atoms with Crippen LogP contribution >= 0.6 is 0 Å². The van der Waals surface area contributed by atoms with Gasteiger partial charge in [-0.15, -0.1) is 0 Å². The number of aryl methyl sites for hydroxylation is 2. The van der Waals surface area contributed by atoms with Gasteiger partial charge in [0.25, 0.3) is 0 Å². The second-order valence-electron chi connectivity index (χ2n) is 5.38. The third-order valence-electron chi connectivity index (χ3n) is 3.93. The van der Waals surface area contributed by atoms with Gasteiger partial charge >= 0.3 is 0 Å². The standard InChI is InChI=1S/C14H21N5/c1-4-19-13(7-9(2)17-19)14-16-11-8-10(15)5-6-12(11)18(14)3/h7,10H,4-6,8,15H2,1-3H3. The van der Waals surface area contributed by atoms with Crippen molar-refractivity contribution in [2.24, 2.45) is 12.8 Å². The number of nitrogens with zero attached hydrogens (tertiary/aromatic N) is 4. The molecular formula is C14H21N5. The maximum absolute atomic E-state index is 6.04. The van der Waals surface area contributed by atoms with Crippen LogP contribution in [0.25, 0.3) is 11.5 Å². The minimum atomic E-state index is 0.257. The molecule has 2 N–H and O–H groups in total. The Labute approximate surface area is 113 Å². The third kappa shape index (κ3) is 1.98. The predicted molar refractivity (Wildman–Crippen MR) is 74.8 cm³/mol. The number of rotatable bonds is 2. The van der Waals surface area contributed by atoms with Crippen LogP contribution in [-0.2, 0) is 26.4 Å². The summed E-state index contributed by atoms with van der Waals surface area (Å²) in [7, 11) is 2.10. The molecule has 0 aliphatic heterocycles. The first-order valence-corrected chi connectivity index (χ1v) is 6.95. The molecule has 2 aromatic rings. The average molecular weight is 259 g/mol. The number of imidazole rings is 1. The molecule has 0 bridgehead atoms. The van der Waals surface area contributed by atoms with Crippen LogP contribution in [0, 0.1) is 6.92 Å². The van der Waals surface area contributed by atoms with E-state index in [9.17, 15) is 0 Å². The largest absolute Gasteiger partial charge is 0.330 e. The van der Waals surface area contributed by atoms with Crippen LogP contribution in [0.5, 0.6) is 0 Å².